The Morgan fingerprint density at radius 3 is 2.96 bits per heavy atom. The Labute approximate surface area is 134 Å². The molecule has 2 atom stereocenters. The third-order valence-electron chi connectivity index (χ3n) is 4.62. The molecule has 1 saturated heterocycles. The number of carbonyl (C=O) groups is 1. The molecule has 1 amide bonds. The van der Waals surface area contributed by atoms with Crippen molar-refractivity contribution in [3.05, 3.63) is 40.7 Å². The summed E-state index contributed by atoms with van der Waals surface area (Å²) < 4.78 is 1.60. The monoisotopic (exact) mass is 314 g/mol. The first kappa shape index (κ1) is 15.7. The number of likely N-dealkylation sites (tertiary alicyclic amines) is 1. The van der Waals surface area contributed by atoms with Crippen LogP contribution in [-0.4, -0.2) is 39.7 Å². The summed E-state index contributed by atoms with van der Waals surface area (Å²) in [6.07, 6.45) is 3.22. The van der Waals surface area contributed by atoms with Gasteiger partial charge >= 0.3 is 0 Å². The predicted octanol–water partition coefficient (Wildman–Crippen LogP) is 0.982. The van der Waals surface area contributed by atoms with E-state index in [0.717, 1.165) is 19.4 Å². The van der Waals surface area contributed by atoms with Gasteiger partial charge < -0.3 is 10.6 Å². The molecular formula is C17H22N4O2. The molecule has 2 unspecified atom stereocenters. The van der Waals surface area contributed by atoms with Crippen LogP contribution in [0.3, 0.4) is 0 Å². The van der Waals surface area contributed by atoms with Crippen molar-refractivity contribution < 1.29 is 4.79 Å². The summed E-state index contributed by atoms with van der Waals surface area (Å²) in [4.78, 5) is 26.4. The Bertz CT molecular complexity index is 771. The number of piperidine rings is 1. The van der Waals surface area contributed by atoms with E-state index in [2.05, 4.69) is 12.0 Å². The van der Waals surface area contributed by atoms with Gasteiger partial charge in [0.1, 0.15) is 6.54 Å². The van der Waals surface area contributed by atoms with Crippen LogP contribution in [0.15, 0.2) is 35.3 Å². The molecule has 1 aliphatic rings. The molecule has 1 aliphatic heterocycles. The van der Waals surface area contributed by atoms with Gasteiger partial charge in [0.05, 0.1) is 11.7 Å². The number of benzene rings is 1. The van der Waals surface area contributed by atoms with Gasteiger partial charge in [-0.15, -0.1) is 0 Å². The second kappa shape index (κ2) is 6.50. The number of rotatable bonds is 3. The topological polar surface area (TPSA) is 81.2 Å². The maximum absolute atomic E-state index is 12.7. The fraction of sp³-hybridized carbons (Fsp3) is 0.471. The van der Waals surface area contributed by atoms with Gasteiger partial charge in [0, 0.05) is 24.5 Å². The average Bonchev–Trinajstić information content (AvgIpc) is 2.57. The highest BCUT2D eigenvalue weighted by molar-refractivity contribution is 5.81. The van der Waals surface area contributed by atoms with E-state index in [0.29, 0.717) is 23.4 Å². The zero-order valence-electron chi connectivity index (χ0n) is 13.3. The third kappa shape index (κ3) is 3.12. The zero-order valence-corrected chi connectivity index (χ0v) is 13.3. The minimum absolute atomic E-state index is 0.00801. The first-order valence-electron chi connectivity index (χ1n) is 8.04. The molecule has 0 aliphatic carbocycles. The summed E-state index contributed by atoms with van der Waals surface area (Å²) in [7, 11) is 0. The van der Waals surface area contributed by atoms with E-state index in [1.165, 1.54) is 6.20 Å². The second-order valence-corrected chi connectivity index (χ2v) is 6.29. The minimum atomic E-state index is -0.129. The summed E-state index contributed by atoms with van der Waals surface area (Å²) in [6.45, 7) is 3.54. The van der Waals surface area contributed by atoms with Crippen LogP contribution in [0.2, 0.25) is 0 Å². The molecule has 0 saturated carbocycles. The number of nitrogens with zero attached hydrogens (tertiary/aromatic N) is 3. The van der Waals surface area contributed by atoms with Crippen molar-refractivity contribution in [3.63, 3.8) is 0 Å². The smallest absolute Gasteiger partial charge is 0.244 e. The molecule has 1 fully saturated rings. The summed E-state index contributed by atoms with van der Waals surface area (Å²) in [5.41, 5.74) is 6.39. The highest BCUT2D eigenvalue weighted by Gasteiger charge is 2.29. The molecule has 0 bridgehead atoms. The molecule has 23 heavy (non-hydrogen) atoms. The molecule has 122 valence electrons. The summed E-state index contributed by atoms with van der Waals surface area (Å²) in [6, 6.07) is 7.32. The van der Waals surface area contributed by atoms with Crippen LogP contribution in [0.4, 0.5) is 0 Å². The van der Waals surface area contributed by atoms with Gasteiger partial charge in [-0.3, -0.25) is 14.3 Å². The van der Waals surface area contributed by atoms with Gasteiger partial charge in [0.25, 0.3) is 0 Å². The Morgan fingerprint density at radius 2 is 2.17 bits per heavy atom. The fourth-order valence-electron chi connectivity index (χ4n) is 3.31. The summed E-state index contributed by atoms with van der Waals surface area (Å²) in [5, 5.41) is 4.71. The standard InChI is InChI=1S/C17H22N4O2/c1-12-6-7-20(13(8-12)9-18)17(23)11-21-15-5-3-2-4-14(15)16(22)10-19-21/h2-5,10,12-13H,6-9,11,18H2,1H3. The number of nitrogens with two attached hydrogens (primary N) is 1. The number of fused-ring (bicyclic) bond motifs is 1. The first-order valence-corrected chi connectivity index (χ1v) is 8.04. The zero-order chi connectivity index (χ0) is 16.4. The van der Waals surface area contributed by atoms with Crippen molar-refractivity contribution in [2.45, 2.75) is 32.4 Å². The van der Waals surface area contributed by atoms with Crippen LogP contribution in [-0.2, 0) is 11.3 Å². The Hall–Kier alpha value is -2.21. The predicted molar refractivity (Wildman–Crippen MR) is 89.0 cm³/mol. The molecule has 2 N–H and O–H groups in total. The van der Waals surface area contributed by atoms with E-state index in [9.17, 15) is 9.59 Å². The molecule has 6 heteroatoms. The van der Waals surface area contributed by atoms with Gasteiger partial charge in [-0.25, -0.2) is 0 Å². The lowest BCUT2D eigenvalue weighted by atomic mass is 9.92. The Balaban J connectivity index is 1.86. The van der Waals surface area contributed by atoms with Gasteiger partial charge in [-0.05, 0) is 30.9 Å². The van der Waals surface area contributed by atoms with Crippen molar-refractivity contribution >= 4 is 16.8 Å². The Morgan fingerprint density at radius 1 is 1.39 bits per heavy atom. The van der Waals surface area contributed by atoms with Crippen molar-refractivity contribution in [1.29, 1.82) is 0 Å². The van der Waals surface area contributed by atoms with Crippen LogP contribution < -0.4 is 11.2 Å². The second-order valence-electron chi connectivity index (χ2n) is 6.29. The lowest BCUT2D eigenvalue weighted by Crippen LogP contribution is -2.50. The van der Waals surface area contributed by atoms with E-state index in [4.69, 9.17) is 5.73 Å². The van der Waals surface area contributed by atoms with E-state index in [-0.39, 0.29) is 23.9 Å². The molecule has 2 aromatic rings. The van der Waals surface area contributed by atoms with Crippen LogP contribution in [0.1, 0.15) is 19.8 Å². The first-order chi connectivity index (χ1) is 11.1. The van der Waals surface area contributed by atoms with Crippen molar-refractivity contribution in [2.75, 3.05) is 13.1 Å². The van der Waals surface area contributed by atoms with E-state index in [1.807, 2.05) is 23.1 Å². The van der Waals surface area contributed by atoms with Crippen molar-refractivity contribution in [2.24, 2.45) is 11.7 Å². The third-order valence-corrected chi connectivity index (χ3v) is 4.62. The van der Waals surface area contributed by atoms with Gasteiger partial charge in [-0.1, -0.05) is 19.1 Å². The number of para-hydroxylation sites is 1. The summed E-state index contributed by atoms with van der Waals surface area (Å²) >= 11 is 0. The maximum atomic E-state index is 12.7. The van der Waals surface area contributed by atoms with E-state index in [1.54, 1.807) is 10.7 Å². The molecule has 1 aromatic carbocycles. The van der Waals surface area contributed by atoms with E-state index >= 15 is 0 Å². The van der Waals surface area contributed by atoms with Gasteiger partial charge in [0.2, 0.25) is 11.3 Å². The van der Waals surface area contributed by atoms with Crippen LogP contribution in [0.5, 0.6) is 0 Å². The normalized spacial score (nSPS) is 21.6. The molecule has 2 heterocycles. The van der Waals surface area contributed by atoms with Crippen molar-refractivity contribution in [3.8, 4) is 0 Å². The number of hydrogen-bond acceptors (Lipinski definition) is 4. The summed E-state index contributed by atoms with van der Waals surface area (Å²) in [5.74, 6) is 0.604. The maximum Gasteiger partial charge on any atom is 0.244 e. The highest BCUT2D eigenvalue weighted by atomic mass is 16.2. The highest BCUT2D eigenvalue weighted by Crippen LogP contribution is 2.22. The number of carbonyl (C=O) groups excluding carboxylic acids is 1. The lowest BCUT2D eigenvalue weighted by Gasteiger charge is -2.38. The quantitative estimate of drug-likeness (QED) is 0.916. The van der Waals surface area contributed by atoms with E-state index < -0.39 is 0 Å². The fourth-order valence-corrected chi connectivity index (χ4v) is 3.31. The number of hydrogen-bond donors (Lipinski definition) is 1. The SMILES string of the molecule is CC1CCN(C(=O)Cn2ncc(=O)c3ccccc32)C(CN)C1. The average molecular weight is 314 g/mol. The van der Waals surface area contributed by atoms with Gasteiger partial charge in [0.15, 0.2) is 0 Å². The molecule has 6 nitrogen and oxygen atoms in total. The lowest BCUT2D eigenvalue weighted by molar-refractivity contribution is -0.136. The molecule has 0 radical (unpaired) electrons. The molecule has 0 spiro atoms. The number of aromatic nitrogens is 2. The van der Waals surface area contributed by atoms with Gasteiger partial charge in [-0.2, -0.15) is 5.10 Å². The minimum Gasteiger partial charge on any atom is -0.337 e. The van der Waals surface area contributed by atoms with Crippen LogP contribution in [0, 0.1) is 5.92 Å². The number of amides is 1. The van der Waals surface area contributed by atoms with Crippen LogP contribution >= 0.6 is 0 Å². The van der Waals surface area contributed by atoms with Crippen molar-refractivity contribution in [1.82, 2.24) is 14.7 Å². The molecular weight excluding hydrogens is 292 g/mol. The van der Waals surface area contributed by atoms with Crippen LogP contribution in [0.25, 0.3) is 10.9 Å². The largest absolute Gasteiger partial charge is 0.337 e. The molecule has 3 rings (SSSR count). The molecule has 1 aromatic heterocycles. The Kier molecular flexibility index (Phi) is 4.43.